The second-order valence-electron chi connectivity index (χ2n) is 4.86. The molecule has 3 nitrogen and oxygen atoms in total. The minimum absolute atomic E-state index is 0.0403. The van der Waals surface area contributed by atoms with Gasteiger partial charge < -0.3 is 10.6 Å². The summed E-state index contributed by atoms with van der Waals surface area (Å²) >= 11 is 0. The Morgan fingerprint density at radius 1 is 1.25 bits per heavy atom. The lowest BCUT2D eigenvalue weighted by Crippen LogP contribution is -2.48. The van der Waals surface area contributed by atoms with E-state index in [9.17, 15) is 4.79 Å². The standard InChI is InChI=1S/C13H28N2O/c1-6-8-11(7-2)15-12(9-10(3)4)13(16)14-5/h10-12,15H,6-9H2,1-5H3,(H,14,16). The molecule has 0 saturated carbocycles. The number of nitrogens with one attached hydrogen (secondary N) is 2. The van der Waals surface area contributed by atoms with Crippen LogP contribution < -0.4 is 10.6 Å². The van der Waals surface area contributed by atoms with Crippen LogP contribution in [0, 0.1) is 5.92 Å². The molecule has 2 N–H and O–H groups in total. The number of carbonyl (C=O) groups is 1. The van der Waals surface area contributed by atoms with Gasteiger partial charge in [-0.2, -0.15) is 0 Å². The molecule has 2 atom stereocenters. The van der Waals surface area contributed by atoms with E-state index in [0.29, 0.717) is 12.0 Å². The minimum Gasteiger partial charge on any atom is -0.358 e. The normalized spacial score (nSPS) is 14.9. The summed E-state index contributed by atoms with van der Waals surface area (Å²) in [5, 5.41) is 6.22. The van der Waals surface area contributed by atoms with E-state index in [2.05, 4.69) is 38.3 Å². The Bertz CT molecular complexity index is 192. The molecule has 0 aromatic rings. The van der Waals surface area contributed by atoms with Gasteiger partial charge in [-0.3, -0.25) is 4.79 Å². The van der Waals surface area contributed by atoms with Gasteiger partial charge in [-0.25, -0.2) is 0 Å². The van der Waals surface area contributed by atoms with Crippen LogP contribution in [-0.4, -0.2) is 25.0 Å². The summed E-state index contributed by atoms with van der Waals surface area (Å²) in [5.74, 6) is 0.650. The second kappa shape index (κ2) is 8.57. The fourth-order valence-electron chi connectivity index (χ4n) is 1.93. The van der Waals surface area contributed by atoms with Crippen LogP contribution in [0.1, 0.15) is 53.4 Å². The maximum Gasteiger partial charge on any atom is 0.236 e. The molecule has 16 heavy (non-hydrogen) atoms. The van der Waals surface area contributed by atoms with E-state index >= 15 is 0 Å². The zero-order chi connectivity index (χ0) is 12.6. The molecule has 0 saturated heterocycles. The smallest absolute Gasteiger partial charge is 0.236 e. The number of hydrogen-bond acceptors (Lipinski definition) is 2. The van der Waals surface area contributed by atoms with E-state index in [-0.39, 0.29) is 11.9 Å². The largest absolute Gasteiger partial charge is 0.358 e. The van der Waals surface area contributed by atoms with Crippen molar-refractivity contribution in [1.29, 1.82) is 0 Å². The van der Waals surface area contributed by atoms with Crippen molar-refractivity contribution < 1.29 is 4.79 Å². The van der Waals surface area contributed by atoms with E-state index < -0.39 is 0 Å². The summed E-state index contributed by atoms with van der Waals surface area (Å²) in [6.45, 7) is 8.65. The molecule has 1 amide bonds. The molecule has 0 aliphatic rings. The van der Waals surface area contributed by atoms with E-state index in [1.165, 1.54) is 0 Å². The summed E-state index contributed by atoms with van der Waals surface area (Å²) in [6.07, 6.45) is 4.29. The molecular formula is C13H28N2O. The van der Waals surface area contributed by atoms with Gasteiger partial charge in [0.25, 0.3) is 0 Å². The molecular weight excluding hydrogens is 200 g/mol. The Morgan fingerprint density at radius 3 is 2.25 bits per heavy atom. The monoisotopic (exact) mass is 228 g/mol. The van der Waals surface area contributed by atoms with Crippen molar-refractivity contribution in [3.8, 4) is 0 Å². The molecule has 0 radical (unpaired) electrons. The fourth-order valence-corrected chi connectivity index (χ4v) is 1.93. The SMILES string of the molecule is CCCC(CC)NC(CC(C)C)C(=O)NC. The van der Waals surface area contributed by atoms with Crippen LogP contribution >= 0.6 is 0 Å². The maximum atomic E-state index is 11.7. The van der Waals surface area contributed by atoms with Gasteiger partial charge in [-0.1, -0.05) is 34.1 Å². The average Bonchev–Trinajstić information content (AvgIpc) is 2.25. The number of rotatable bonds is 8. The van der Waals surface area contributed by atoms with Crippen LogP contribution in [0.3, 0.4) is 0 Å². The van der Waals surface area contributed by atoms with Crippen molar-refractivity contribution >= 4 is 5.91 Å². The van der Waals surface area contributed by atoms with E-state index in [0.717, 1.165) is 25.7 Å². The number of likely N-dealkylation sites (N-methyl/N-ethyl adjacent to an activating group) is 1. The average molecular weight is 228 g/mol. The highest BCUT2D eigenvalue weighted by Gasteiger charge is 2.20. The molecule has 0 aliphatic carbocycles. The first-order chi connectivity index (χ1) is 7.54. The Balaban J connectivity index is 4.32. The zero-order valence-electron chi connectivity index (χ0n) is 11.5. The third-order valence-electron chi connectivity index (χ3n) is 2.84. The van der Waals surface area contributed by atoms with Crippen LogP contribution in [0.5, 0.6) is 0 Å². The van der Waals surface area contributed by atoms with Gasteiger partial charge in [0.2, 0.25) is 5.91 Å². The van der Waals surface area contributed by atoms with E-state index in [1.807, 2.05) is 0 Å². The topological polar surface area (TPSA) is 41.1 Å². The lowest BCUT2D eigenvalue weighted by atomic mass is 10.0. The first-order valence-corrected chi connectivity index (χ1v) is 6.52. The molecule has 0 fully saturated rings. The second-order valence-corrected chi connectivity index (χ2v) is 4.86. The molecule has 0 aromatic heterocycles. The molecule has 3 heteroatoms. The first-order valence-electron chi connectivity index (χ1n) is 6.52. The first kappa shape index (κ1) is 15.4. The highest BCUT2D eigenvalue weighted by Crippen LogP contribution is 2.09. The van der Waals surface area contributed by atoms with Crippen molar-refractivity contribution in [2.45, 2.75) is 65.5 Å². The predicted molar refractivity (Wildman–Crippen MR) is 69.4 cm³/mol. The summed E-state index contributed by atoms with van der Waals surface area (Å²) in [4.78, 5) is 11.7. The van der Waals surface area contributed by atoms with Crippen LogP contribution in [0.15, 0.2) is 0 Å². The third-order valence-corrected chi connectivity index (χ3v) is 2.84. The lowest BCUT2D eigenvalue weighted by Gasteiger charge is -2.25. The Kier molecular flexibility index (Phi) is 8.26. The van der Waals surface area contributed by atoms with Crippen molar-refractivity contribution in [3.63, 3.8) is 0 Å². The molecule has 0 rings (SSSR count). The van der Waals surface area contributed by atoms with Crippen molar-refractivity contribution in [1.82, 2.24) is 10.6 Å². The number of amides is 1. The Hall–Kier alpha value is -0.570. The van der Waals surface area contributed by atoms with Gasteiger partial charge in [0.15, 0.2) is 0 Å². The summed E-state index contributed by atoms with van der Waals surface area (Å²) in [5.41, 5.74) is 0. The molecule has 96 valence electrons. The van der Waals surface area contributed by atoms with Crippen LogP contribution in [0.25, 0.3) is 0 Å². The van der Waals surface area contributed by atoms with Crippen molar-refractivity contribution in [2.75, 3.05) is 7.05 Å². The minimum atomic E-state index is -0.0403. The lowest BCUT2D eigenvalue weighted by molar-refractivity contribution is -0.123. The predicted octanol–water partition coefficient (Wildman–Crippen LogP) is 2.32. The highest BCUT2D eigenvalue weighted by atomic mass is 16.2. The van der Waals surface area contributed by atoms with Crippen molar-refractivity contribution in [3.05, 3.63) is 0 Å². The van der Waals surface area contributed by atoms with E-state index in [1.54, 1.807) is 7.05 Å². The molecule has 0 aliphatic heterocycles. The summed E-state index contributed by atoms with van der Waals surface area (Å²) < 4.78 is 0. The molecule has 0 aromatic carbocycles. The van der Waals surface area contributed by atoms with Gasteiger partial charge >= 0.3 is 0 Å². The maximum absolute atomic E-state index is 11.7. The zero-order valence-corrected chi connectivity index (χ0v) is 11.5. The van der Waals surface area contributed by atoms with E-state index in [4.69, 9.17) is 0 Å². The van der Waals surface area contributed by atoms with Gasteiger partial charge in [0.05, 0.1) is 6.04 Å². The number of carbonyl (C=O) groups excluding carboxylic acids is 1. The fraction of sp³-hybridized carbons (Fsp3) is 0.923. The van der Waals surface area contributed by atoms with Crippen molar-refractivity contribution in [2.24, 2.45) is 5.92 Å². The quantitative estimate of drug-likeness (QED) is 0.669. The van der Waals surface area contributed by atoms with Crippen LogP contribution in [0.2, 0.25) is 0 Å². The summed E-state index contributed by atoms with van der Waals surface area (Å²) in [7, 11) is 1.71. The van der Waals surface area contributed by atoms with Crippen LogP contribution in [-0.2, 0) is 4.79 Å². The molecule has 0 bridgehead atoms. The molecule has 0 heterocycles. The van der Waals surface area contributed by atoms with Crippen LogP contribution in [0.4, 0.5) is 0 Å². The van der Waals surface area contributed by atoms with Gasteiger partial charge in [-0.15, -0.1) is 0 Å². The third kappa shape index (κ3) is 6.11. The Labute approximate surface area is 100 Å². The highest BCUT2D eigenvalue weighted by molar-refractivity contribution is 5.81. The van der Waals surface area contributed by atoms with Gasteiger partial charge in [0.1, 0.15) is 0 Å². The summed E-state index contributed by atoms with van der Waals surface area (Å²) in [6, 6.07) is 0.424. The number of hydrogen-bond donors (Lipinski definition) is 2. The Morgan fingerprint density at radius 2 is 1.88 bits per heavy atom. The molecule has 0 spiro atoms. The van der Waals surface area contributed by atoms with Gasteiger partial charge in [0, 0.05) is 13.1 Å². The van der Waals surface area contributed by atoms with Gasteiger partial charge in [-0.05, 0) is 25.2 Å². The molecule has 2 unspecified atom stereocenters.